The number of H-pyrrole nitrogens is 1. The monoisotopic (exact) mass is 379 g/mol. The minimum absolute atomic E-state index is 0.176. The second-order valence-electron chi connectivity index (χ2n) is 6.32. The fourth-order valence-corrected chi connectivity index (χ4v) is 2.83. The number of fused-ring (bicyclic) bond motifs is 1. The zero-order valence-electron chi connectivity index (χ0n) is 15.4. The van der Waals surface area contributed by atoms with E-state index in [4.69, 9.17) is 0 Å². The average Bonchev–Trinajstić information content (AvgIpc) is 3.13. The molecule has 2 aromatic rings. The van der Waals surface area contributed by atoms with E-state index in [1.54, 1.807) is 30.3 Å². The smallest absolute Gasteiger partial charge is 0.267 e. The molecule has 0 spiro atoms. The number of nitroso groups, excluding NO2 is 1. The predicted octanol–water partition coefficient (Wildman–Crippen LogP) is 2.40. The maximum absolute atomic E-state index is 12.2. The molecule has 8 heteroatoms. The number of carbonyl (C=O) groups is 2. The van der Waals surface area contributed by atoms with Crippen molar-refractivity contribution in [3.63, 3.8) is 0 Å². The van der Waals surface area contributed by atoms with E-state index in [1.807, 2.05) is 30.3 Å². The lowest BCUT2D eigenvalue weighted by Gasteiger charge is -2.20. The highest BCUT2D eigenvalue weighted by atomic mass is 16.2. The fourth-order valence-electron chi connectivity index (χ4n) is 2.83. The van der Waals surface area contributed by atoms with Gasteiger partial charge < -0.3 is 20.5 Å². The van der Waals surface area contributed by atoms with Gasteiger partial charge in [-0.3, -0.25) is 9.59 Å². The summed E-state index contributed by atoms with van der Waals surface area (Å²) in [6, 6.07) is 9.51. The lowest BCUT2D eigenvalue weighted by molar-refractivity contribution is -0.117. The van der Waals surface area contributed by atoms with Crippen LogP contribution in [0.15, 0.2) is 71.3 Å². The molecule has 0 unspecified atom stereocenters. The van der Waals surface area contributed by atoms with Crippen molar-refractivity contribution >= 4 is 22.7 Å². The molecule has 144 valence electrons. The number of allylic oxidation sites excluding steroid dienone is 1. The Bertz CT molecular complexity index is 954. The van der Waals surface area contributed by atoms with E-state index in [1.165, 1.54) is 6.20 Å². The molecule has 28 heavy (non-hydrogen) atoms. The van der Waals surface area contributed by atoms with Crippen molar-refractivity contribution in [1.29, 1.82) is 0 Å². The van der Waals surface area contributed by atoms with Gasteiger partial charge in [0.1, 0.15) is 5.69 Å². The number of benzene rings is 1. The third kappa shape index (κ3) is 4.53. The highest BCUT2D eigenvalue weighted by Gasteiger charge is 2.13. The van der Waals surface area contributed by atoms with Crippen LogP contribution in [-0.4, -0.2) is 41.8 Å². The van der Waals surface area contributed by atoms with Crippen LogP contribution >= 0.6 is 0 Å². The van der Waals surface area contributed by atoms with Crippen molar-refractivity contribution in [3.05, 3.63) is 76.8 Å². The normalized spacial score (nSPS) is 14.8. The minimum Gasteiger partial charge on any atom is -0.352 e. The lowest BCUT2D eigenvalue weighted by Crippen LogP contribution is -2.31. The van der Waals surface area contributed by atoms with Gasteiger partial charge in [-0.2, -0.15) is 0 Å². The summed E-state index contributed by atoms with van der Waals surface area (Å²) in [5.74, 6) is -0.395. The highest BCUT2D eigenvalue weighted by Crippen LogP contribution is 2.15. The van der Waals surface area contributed by atoms with Crippen LogP contribution in [0.2, 0.25) is 0 Å². The number of nitrogens with zero attached hydrogens (tertiary/aromatic N) is 2. The van der Waals surface area contributed by atoms with Gasteiger partial charge >= 0.3 is 0 Å². The first kappa shape index (κ1) is 19.1. The molecule has 3 rings (SSSR count). The van der Waals surface area contributed by atoms with Crippen molar-refractivity contribution < 1.29 is 9.59 Å². The third-order valence-electron chi connectivity index (χ3n) is 4.32. The van der Waals surface area contributed by atoms with Gasteiger partial charge in [0.05, 0.1) is 17.5 Å². The van der Waals surface area contributed by atoms with Gasteiger partial charge in [0.2, 0.25) is 0 Å². The Balaban J connectivity index is 1.41. The molecule has 1 aromatic carbocycles. The number of rotatable bonds is 7. The summed E-state index contributed by atoms with van der Waals surface area (Å²) in [5, 5.41) is 9.35. The van der Waals surface area contributed by atoms with Gasteiger partial charge in [0, 0.05) is 37.2 Å². The van der Waals surface area contributed by atoms with Crippen molar-refractivity contribution in [3.8, 4) is 0 Å². The van der Waals surface area contributed by atoms with Crippen LogP contribution in [0.5, 0.6) is 0 Å². The Kier molecular flexibility index (Phi) is 6.01. The summed E-state index contributed by atoms with van der Waals surface area (Å²) in [6.45, 7) is 0.875. The Hall–Kier alpha value is -3.68. The van der Waals surface area contributed by atoms with Crippen LogP contribution < -0.4 is 10.6 Å². The quantitative estimate of drug-likeness (QED) is 0.507. The van der Waals surface area contributed by atoms with Crippen LogP contribution in [0.3, 0.4) is 0 Å². The molecule has 0 atom stereocenters. The van der Waals surface area contributed by atoms with E-state index < -0.39 is 0 Å². The number of para-hydroxylation sites is 1. The first-order valence-electron chi connectivity index (χ1n) is 8.88. The summed E-state index contributed by atoms with van der Waals surface area (Å²) < 4.78 is 0. The molecule has 0 saturated heterocycles. The SMILES string of the molecule is CN1C=C(C(=O)NCCCNC(=O)c2cc3ccccc3[nH]2)C=CC1=CN=O. The standard InChI is InChI=1S/C20H21N5O3/c1-25-13-15(7-8-16(25)12-23-28)19(26)21-9-4-10-22-20(27)18-11-14-5-2-3-6-17(14)24-18/h2-3,5-8,11-13,24H,4,9-10H2,1H3,(H,21,26)(H,22,27). The van der Waals surface area contributed by atoms with Gasteiger partial charge in [0.15, 0.2) is 0 Å². The van der Waals surface area contributed by atoms with Gasteiger partial charge in [-0.1, -0.05) is 18.2 Å². The second-order valence-corrected chi connectivity index (χ2v) is 6.32. The number of hydrogen-bond donors (Lipinski definition) is 3. The molecule has 0 fully saturated rings. The van der Waals surface area contributed by atoms with Crippen molar-refractivity contribution in [2.24, 2.45) is 5.18 Å². The highest BCUT2D eigenvalue weighted by molar-refractivity contribution is 5.98. The molecule has 0 radical (unpaired) electrons. The number of aromatic nitrogens is 1. The molecule has 2 heterocycles. The Morgan fingerprint density at radius 1 is 1.14 bits per heavy atom. The first-order valence-corrected chi connectivity index (χ1v) is 8.88. The third-order valence-corrected chi connectivity index (χ3v) is 4.32. The molecule has 3 N–H and O–H groups in total. The predicted molar refractivity (Wildman–Crippen MR) is 107 cm³/mol. The second kappa shape index (κ2) is 8.81. The topological polar surface area (TPSA) is 107 Å². The van der Waals surface area contributed by atoms with Crippen LogP contribution in [-0.2, 0) is 4.79 Å². The van der Waals surface area contributed by atoms with Crippen LogP contribution in [0.1, 0.15) is 16.9 Å². The maximum Gasteiger partial charge on any atom is 0.267 e. The largest absolute Gasteiger partial charge is 0.352 e. The zero-order valence-corrected chi connectivity index (χ0v) is 15.4. The number of nitrogens with one attached hydrogen (secondary N) is 3. The van der Waals surface area contributed by atoms with E-state index in [9.17, 15) is 14.5 Å². The van der Waals surface area contributed by atoms with E-state index in [0.29, 0.717) is 36.5 Å². The molecule has 8 nitrogen and oxygen atoms in total. The molecule has 1 aliphatic rings. The Labute approximate surface area is 162 Å². The van der Waals surface area contributed by atoms with E-state index in [0.717, 1.165) is 10.9 Å². The summed E-state index contributed by atoms with van der Waals surface area (Å²) in [6.07, 6.45) is 6.69. The number of aromatic amines is 1. The van der Waals surface area contributed by atoms with Gasteiger partial charge in [-0.05, 0) is 35.9 Å². The Morgan fingerprint density at radius 2 is 1.89 bits per heavy atom. The summed E-state index contributed by atoms with van der Waals surface area (Å²) >= 11 is 0. The molecule has 0 aliphatic carbocycles. The fraction of sp³-hybridized carbons (Fsp3) is 0.200. The minimum atomic E-state index is -0.219. The molecule has 2 amide bonds. The summed E-state index contributed by atoms with van der Waals surface area (Å²) in [5.41, 5.74) is 2.51. The van der Waals surface area contributed by atoms with Crippen LogP contribution in [0.4, 0.5) is 0 Å². The maximum atomic E-state index is 12.2. The number of amides is 2. The summed E-state index contributed by atoms with van der Waals surface area (Å²) in [4.78, 5) is 39.4. The van der Waals surface area contributed by atoms with Crippen LogP contribution in [0.25, 0.3) is 10.9 Å². The average molecular weight is 379 g/mol. The number of hydrogen-bond acceptors (Lipinski definition) is 5. The van der Waals surface area contributed by atoms with Gasteiger partial charge in [-0.15, -0.1) is 4.91 Å². The molecule has 0 saturated carbocycles. The van der Waals surface area contributed by atoms with Gasteiger partial charge in [0.25, 0.3) is 11.8 Å². The van der Waals surface area contributed by atoms with Crippen molar-refractivity contribution in [2.75, 3.05) is 20.1 Å². The molecule has 1 aromatic heterocycles. The van der Waals surface area contributed by atoms with Crippen molar-refractivity contribution in [2.45, 2.75) is 6.42 Å². The summed E-state index contributed by atoms with van der Waals surface area (Å²) in [7, 11) is 1.73. The Morgan fingerprint density at radius 3 is 2.61 bits per heavy atom. The van der Waals surface area contributed by atoms with Crippen LogP contribution in [0, 0.1) is 4.91 Å². The first-order chi connectivity index (χ1) is 13.6. The van der Waals surface area contributed by atoms with E-state index >= 15 is 0 Å². The molecule has 1 aliphatic heterocycles. The van der Waals surface area contributed by atoms with Crippen molar-refractivity contribution in [1.82, 2.24) is 20.5 Å². The van der Waals surface area contributed by atoms with Gasteiger partial charge in [-0.25, -0.2) is 0 Å². The number of carbonyl (C=O) groups excluding carboxylic acids is 2. The van der Waals surface area contributed by atoms with E-state index in [-0.39, 0.29) is 11.8 Å². The molecule has 0 bridgehead atoms. The zero-order chi connectivity index (χ0) is 19.9. The lowest BCUT2D eigenvalue weighted by atomic mass is 10.1. The number of likely N-dealkylation sites (N-methyl/N-ethyl adjacent to an activating group) is 1. The molecular formula is C20H21N5O3. The molecular weight excluding hydrogens is 358 g/mol. The van der Waals surface area contributed by atoms with E-state index in [2.05, 4.69) is 20.8 Å².